The Kier molecular flexibility index (Phi) is 25.1. The third kappa shape index (κ3) is 18.2. The first-order valence-electron chi connectivity index (χ1n) is 50.5. The van der Waals surface area contributed by atoms with Crippen molar-refractivity contribution >= 4 is 126 Å². The summed E-state index contributed by atoms with van der Waals surface area (Å²) in [6.45, 7) is 21.3. The second-order valence-electron chi connectivity index (χ2n) is 40.8. The van der Waals surface area contributed by atoms with Crippen LogP contribution in [0.25, 0.3) is 89.0 Å². The molecule has 0 saturated heterocycles. The summed E-state index contributed by atoms with van der Waals surface area (Å²) in [5.41, 5.74) is 38.4. The van der Waals surface area contributed by atoms with Gasteiger partial charge in [0.05, 0.1) is 68.2 Å². The lowest BCUT2D eigenvalue weighted by atomic mass is 9.81. The zero-order valence-electron chi connectivity index (χ0n) is 83.6. The summed E-state index contributed by atoms with van der Waals surface area (Å²) in [6, 6.07) is 193. The molecule has 2 aliphatic rings. The number of fused-ring (bicyclic) bond motifs is 4. The summed E-state index contributed by atoms with van der Waals surface area (Å²) in [5, 5.41) is 0. The zero-order valence-corrected chi connectivity index (χ0v) is 85.2. The van der Waals surface area contributed by atoms with Gasteiger partial charge >= 0.3 is 0 Å². The van der Waals surface area contributed by atoms with Crippen LogP contribution in [-0.4, -0.2) is 0 Å². The van der Waals surface area contributed by atoms with Crippen LogP contribution < -0.4 is 29.4 Å². The lowest BCUT2D eigenvalue weighted by Crippen LogP contribution is -2.25. The number of rotatable bonds is 22. The van der Waals surface area contributed by atoms with Crippen LogP contribution in [-0.2, 0) is 16.2 Å². The molecule has 0 amide bonds. The summed E-state index contributed by atoms with van der Waals surface area (Å²) in [5.74, 6) is 0. The highest BCUT2D eigenvalue weighted by Gasteiger charge is 2.40. The van der Waals surface area contributed by atoms with Gasteiger partial charge in [-0.2, -0.15) is 0 Å². The maximum Gasteiger partial charge on any atom is 0.0703 e. The van der Waals surface area contributed by atoms with Gasteiger partial charge in [-0.1, -0.05) is 450 Å². The molecule has 0 fully saturated rings. The van der Waals surface area contributed by atoms with Gasteiger partial charge in [0.15, 0.2) is 0 Å². The van der Waals surface area contributed by atoms with Crippen molar-refractivity contribution in [2.24, 2.45) is 0 Å². The van der Waals surface area contributed by atoms with E-state index in [1.807, 2.05) is 0 Å². The minimum absolute atomic E-state index is 0.304. The number of para-hydroxylation sites is 10. The summed E-state index contributed by atoms with van der Waals surface area (Å²) >= 11 is 3.58. The van der Waals surface area contributed by atoms with Crippen LogP contribution in [0, 0.1) is 0 Å². The topological polar surface area (TPSA) is 19.4 Å². The fourth-order valence-corrected chi connectivity index (χ4v) is 22.8. The molecule has 0 saturated carbocycles. The lowest BCUT2D eigenvalue weighted by Gasteiger charge is -2.42. The molecule has 2 aliphatic heterocycles. The normalized spacial score (nSPS) is 12.3. The van der Waals surface area contributed by atoms with Gasteiger partial charge in [-0.25, -0.2) is 0 Å². The number of benzene rings is 21. The third-order valence-electron chi connectivity index (χ3n) is 28.1. The van der Waals surface area contributed by atoms with Crippen molar-refractivity contribution in [1.29, 1.82) is 0 Å². The van der Waals surface area contributed by atoms with Crippen molar-refractivity contribution in [3.05, 3.63) is 532 Å². The van der Waals surface area contributed by atoms with Crippen molar-refractivity contribution in [3.8, 4) is 89.0 Å². The van der Waals surface area contributed by atoms with E-state index in [0.717, 1.165) is 217 Å². The van der Waals surface area contributed by atoms with E-state index in [9.17, 15) is 0 Å². The third-order valence-corrected chi connectivity index (χ3v) is 30.0. The van der Waals surface area contributed by atoms with Crippen LogP contribution in [0.15, 0.2) is 535 Å². The molecule has 0 radical (unpaired) electrons. The highest BCUT2D eigenvalue weighted by atomic mass is 32.2. The van der Waals surface area contributed by atoms with E-state index in [4.69, 9.17) is 0 Å². The van der Waals surface area contributed by atoms with Crippen molar-refractivity contribution in [3.63, 3.8) is 0 Å². The van der Waals surface area contributed by atoms with Crippen molar-refractivity contribution in [1.82, 2.24) is 0 Å². The molecule has 0 N–H and O–H groups in total. The lowest BCUT2D eigenvalue weighted by molar-refractivity contribution is 0.590. The number of hydrogen-bond acceptors (Lipinski definition) is 8. The van der Waals surface area contributed by atoms with Crippen LogP contribution in [0.3, 0.4) is 0 Å². The molecule has 0 atom stereocenters. The van der Waals surface area contributed by atoms with Gasteiger partial charge in [0.2, 0.25) is 0 Å². The minimum atomic E-state index is -0.505. The highest BCUT2D eigenvalue weighted by Crippen LogP contribution is 2.64. The monoisotopic (exact) mass is 1920 g/mol. The molecule has 8 heteroatoms. The van der Waals surface area contributed by atoms with Crippen LogP contribution in [0.5, 0.6) is 0 Å². The van der Waals surface area contributed by atoms with Crippen LogP contribution in [0.2, 0.25) is 0 Å². The van der Waals surface area contributed by atoms with E-state index in [0.29, 0.717) is 0 Å². The first kappa shape index (κ1) is 92.8. The van der Waals surface area contributed by atoms with Crippen LogP contribution >= 0.6 is 23.5 Å². The minimum Gasteiger partial charge on any atom is -0.309 e. The average Bonchev–Trinajstić information content (AvgIpc) is 0.718. The molecule has 0 aromatic heterocycles. The molecule has 2 heterocycles. The Morgan fingerprint density at radius 2 is 0.363 bits per heavy atom. The van der Waals surface area contributed by atoms with Crippen molar-refractivity contribution in [2.75, 3.05) is 29.4 Å². The maximum atomic E-state index is 2.67. The molecule has 21 aromatic carbocycles. The van der Waals surface area contributed by atoms with E-state index in [2.05, 4.69) is 607 Å². The Morgan fingerprint density at radius 3 is 0.596 bits per heavy atom. The fourth-order valence-electron chi connectivity index (χ4n) is 21.0. The SMILES string of the molecule is CC(C)(C)c1cc(N(c2cc(Sc3ccccc3)cc(N3c4ccccc4N(c4c(-c5ccccc5)cccc4-c4ccccc4)c4ccccc43)c2)c2c(-c3ccccc3)cc(C(C)(C)C)cc2-c2ccccc2)cc(N(c2cc(Sc3ccccc3)cc(N3c4ccccc4N(c4c(-c5ccccc5)cccc4-c4ccccc4)c4ccccc43)c2)c2c(-c3ccccc3)cc(C(C)(C)C)cc2-c2ccccc2)c1. The summed E-state index contributed by atoms with van der Waals surface area (Å²) in [7, 11) is 0. The van der Waals surface area contributed by atoms with E-state index in [1.54, 1.807) is 23.5 Å². The summed E-state index contributed by atoms with van der Waals surface area (Å²) < 4.78 is 0. The molecule has 0 unspecified atom stereocenters. The van der Waals surface area contributed by atoms with Gasteiger partial charge in [-0.15, -0.1) is 0 Å². The Hall–Kier alpha value is -16.9. The highest BCUT2D eigenvalue weighted by molar-refractivity contribution is 7.99. The molecular formula is C138H112N6S2. The van der Waals surface area contributed by atoms with Crippen molar-refractivity contribution in [2.45, 2.75) is 98.1 Å². The first-order chi connectivity index (χ1) is 71.3. The summed E-state index contributed by atoms with van der Waals surface area (Å²) in [6.07, 6.45) is 0. The number of anilines is 18. The van der Waals surface area contributed by atoms with Crippen molar-refractivity contribution < 1.29 is 0 Å². The second kappa shape index (κ2) is 39.4. The Bertz CT molecular complexity index is 7520. The van der Waals surface area contributed by atoms with Crippen LogP contribution in [0.4, 0.5) is 102 Å². The molecule has 0 spiro atoms. The zero-order chi connectivity index (χ0) is 99.2. The van der Waals surface area contributed by atoms with Gasteiger partial charge < -0.3 is 29.4 Å². The molecule has 23 rings (SSSR count). The summed E-state index contributed by atoms with van der Waals surface area (Å²) in [4.78, 5) is 19.8. The van der Waals surface area contributed by atoms with Gasteiger partial charge in [0, 0.05) is 98.2 Å². The Balaban J connectivity index is 0.841. The molecule has 21 aromatic rings. The molecule has 146 heavy (non-hydrogen) atoms. The average molecular weight is 1920 g/mol. The maximum absolute atomic E-state index is 2.67. The smallest absolute Gasteiger partial charge is 0.0703 e. The predicted molar refractivity (Wildman–Crippen MR) is 622 cm³/mol. The van der Waals surface area contributed by atoms with E-state index < -0.39 is 5.41 Å². The largest absolute Gasteiger partial charge is 0.309 e. The number of nitrogens with zero attached hydrogens (tertiary/aromatic N) is 6. The second-order valence-corrected chi connectivity index (χ2v) is 43.1. The standard InChI is InChI=1S/C138H112N6S2/c1-136(2,3)103-82-106(139(134-120(99-58-28-14-29-59-99)84-104(137(4,5)6)85-121(134)100-60-30-15-31-61-100)108-89-110(93-114(91-108)145-112-66-36-18-37-67-112)141-124-74-40-44-78-128(124)143(129-79-45-41-75-125(129)141)132-116(95-50-20-10-21-51-95)70-48-71-117(132)96-52-22-11-23-53-96)88-107(83-103)140(135-122(101-62-32-16-33-63-101)86-105(138(7,8)9)87-123(135)102-64-34-17-35-65-102)109-90-111(94-115(92-109)146-113-68-38-19-39-69-113)142-126-76-42-46-80-130(126)144(131-81-47-43-77-127(131)142)133-118(97-54-24-12-25-55-97)72-49-73-119(133)98-56-26-13-27-57-98/h10-94H,1-9H3. The van der Waals surface area contributed by atoms with Gasteiger partial charge in [-0.05, 0) is 229 Å². The number of hydrogen-bond donors (Lipinski definition) is 0. The molecule has 706 valence electrons. The Labute approximate surface area is 868 Å². The van der Waals surface area contributed by atoms with Gasteiger partial charge in [0.1, 0.15) is 0 Å². The predicted octanol–water partition coefficient (Wildman–Crippen LogP) is 40.7. The van der Waals surface area contributed by atoms with E-state index in [-0.39, 0.29) is 10.8 Å². The molecule has 6 nitrogen and oxygen atoms in total. The molecule has 0 bridgehead atoms. The molecular weight excluding hydrogens is 1810 g/mol. The van der Waals surface area contributed by atoms with Gasteiger partial charge in [0.25, 0.3) is 0 Å². The van der Waals surface area contributed by atoms with E-state index >= 15 is 0 Å². The Morgan fingerprint density at radius 1 is 0.164 bits per heavy atom. The fraction of sp³-hybridized carbons (Fsp3) is 0.0870. The van der Waals surface area contributed by atoms with E-state index in [1.165, 1.54) is 11.1 Å². The van der Waals surface area contributed by atoms with Crippen LogP contribution in [0.1, 0.15) is 79.0 Å². The van der Waals surface area contributed by atoms with Gasteiger partial charge in [-0.3, -0.25) is 0 Å². The molecule has 0 aliphatic carbocycles. The first-order valence-corrected chi connectivity index (χ1v) is 52.1. The quantitative estimate of drug-likeness (QED) is 0.0660.